The highest BCUT2D eigenvalue weighted by Crippen LogP contribution is 2.36. The summed E-state index contributed by atoms with van der Waals surface area (Å²) in [5.74, 6) is -1.76. The Bertz CT molecular complexity index is 1720. The highest BCUT2D eigenvalue weighted by molar-refractivity contribution is 6.36. The van der Waals surface area contributed by atoms with Gasteiger partial charge < -0.3 is 19.4 Å². The predicted molar refractivity (Wildman–Crippen MR) is 165 cm³/mol. The molecule has 2 saturated heterocycles. The molecule has 0 spiro atoms. The van der Waals surface area contributed by atoms with Crippen LogP contribution < -0.4 is 9.64 Å². The van der Waals surface area contributed by atoms with Gasteiger partial charge in [-0.3, -0.25) is 9.78 Å². The molecule has 1 amide bonds. The lowest BCUT2D eigenvalue weighted by Gasteiger charge is -2.41. The number of halogens is 4. The van der Waals surface area contributed by atoms with E-state index in [0.29, 0.717) is 28.5 Å². The van der Waals surface area contributed by atoms with E-state index >= 15 is 0 Å². The van der Waals surface area contributed by atoms with Gasteiger partial charge in [-0.05, 0) is 49.5 Å². The molecular weight excluding hydrogens is 593 g/mol. The van der Waals surface area contributed by atoms with E-state index in [0.717, 1.165) is 46.2 Å². The molecule has 4 aromatic rings. The normalized spacial score (nSPS) is 19.3. The number of benzene rings is 2. The average Bonchev–Trinajstić information content (AvgIpc) is 3.42. The molecule has 6 rings (SSSR count). The van der Waals surface area contributed by atoms with Crippen LogP contribution in [-0.2, 0) is 4.79 Å². The van der Waals surface area contributed by atoms with Gasteiger partial charge in [-0.15, -0.1) is 0 Å². The Labute approximate surface area is 258 Å². The molecule has 2 aromatic heterocycles. The monoisotopic (exact) mass is 624 g/mol. The van der Waals surface area contributed by atoms with Gasteiger partial charge in [0, 0.05) is 54.3 Å². The average molecular weight is 625 g/mol. The third-order valence-electron chi connectivity index (χ3n) is 8.46. The molecule has 0 saturated carbocycles. The molecule has 0 bridgehead atoms. The summed E-state index contributed by atoms with van der Waals surface area (Å²) in [6.07, 6.45) is 0.478. The third kappa shape index (κ3) is 6.03. The van der Waals surface area contributed by atoms with Gasteiger partial charge in [0.2, 0.25) is 6.43 Å². The lowest BCUT2D eigenvalue weighted by atomic mass is 9.99. The second-order valence-corrected chi connectivity index (χ2v) is 11.7. The molecule has 0 N–H and O–H groups in total. The van der Waals surface area contributed by atoms with Gasteiger partial charge in [-0.1, -0.05) is 48.5 Å². The van der Waals surface area contributed by atoms with E-state index < -0.39 is 30.6 Å². The number of piperazine rings is 1. The van der Waals surface area contributed by atoms with Crippen molar-refractivity contribution in [3.63, 3.8) is 0 Å². The fraction of sp³-hybridized carbons (Fsp3) is 0.375. The van der Waals surface area contributed by atoms with Gasteiger partial charge in [0.1, 0.15) is 12.1 Å². The van der Waals surface area contributed by atoms with Crippen molar-refractivity contribution in [2.75, 3.05) is 44.7 Å². The van der Waals surface area contributed by atoms with E-state index in [1.807, 2.05) is 42.5 Å². The first-order valence-corrected chi connectivity index (χ1v) is 14.9. The Kier molecular flexibility index (Phi) is 8.59. The number of hydrogen-bond donors (Lipinski definition) is 0. The molecule has 0 aliphatic carbocycles. The van der Waals surface area contributed by atoms with Crippen molar-refractivity contribution in [2.24, 2.45) is 0 Å². The number of rotatable bonds is 8. The fourth-order valence-corrected chi connectivity index (χ4v) is 6.47. The number of alkyl halides is 2. The standard InChI is InChI=1S/C32H32ClF3N6O2/c1-19(34)31(43)42-13-12-41(17-23(42)15-27(35)36)30-29-26(38-32(39-30)44-18-22-8-5-11-40(22)2)14-21(16-37-29)24-9-3-6-20-7-4-10-25(33)28(20)24/h3-4,6-7,9-10,14,16,22-23,27H,1,5,8,11-13,15,17-18H2,2H3/t22?,23-/m0/s1. The summed E-state index contributed by atoms with van der Waals surface area (Å²) in [6, 6.07) is 12.9. The second kappa shape index (κ2) is 12.6. The summed E-state index contributed by atoms with van der Waals surface area (Å²) in [7, 11) is 2.05. The van der Waals surface area contributed by atoms with Crippen LogP contribution in [0.5, 0.6) is 6.01 Å². The number of carbonyl (C=O) groups excluding carboxylic acids is 1. The van der Waals surface area contributed by atoms with Crippen LogP contribution in [0.15, 0.2) is 61.1 Å². The van der Waals surface area contributed by atoms with Gasteiger partial charge in [0.15, 0.2) is 11.6 Å². The number of aromatic nitrogens is 3. The first-order valence-electron chi connectivity index (χ1n) is 14.6. The molecule has 2 aliphatic heterocycles. The lowest BCUT2D eigenvalue weighted by molar-refractivity contribution is -0.132. The zero-order valence-corrected chi connectivity index (χ0v) is 25.0. The van der Waals surface area contributed by atoms with Crippen molar-refractivity contribution in [3.8, 4) is 17.1 Å². The van der Waals surface area contributed by atoms with E-state index in [2.05, 4.69) is 18.5 Å². The molecule has 2 aromatic carbocycles. The van der Waals surface area contributed by atoms with Crippen LogP contribution in [0, 0.1) is 0 Å². The van der Waals surface area contributed by atoms with Crippen LogP contribution in [0.3, 0.4) is 0 Å². The van der Waals surface area contributed by atoms with Crippen LogP contribution in [0.4, 0.5) is 19.0 Å². The van der Waals surface area contributed by atoms with E-state index in [1.54, 1.807) is 11.1 Å². The quantitative estimate of drug-likeness (QED) is 0.219. The Morgan fingerprint density at radius 1 is 1.14 bits per heavy atom. The SMILES string of the molecule is C=C(F)C(=O)N1CCN(c2nc(OCC3CCCN3C)nc3cc(-c4cccc5cccc(Cl)c45)cnc23)C[C@@H]1CC(F)F. The molecule has 8 nitrogen and oxygen atoms in total. The van der Waals surface area contributed by atoms with Gasteiger partial charge in [0.25, 0.3) is 5.91 Å². The maximum absolute atomic E-state index is 13.8. The van der Waals surface area contributed by atoms with E-state index in [4.69, 9.17) is 31.3 Å². The molecule has 2 aliphatic rings. The molecule has 2 atom stereocenters. The third-order valence-corrected chi connectivity index (χ3v) is 8.78. The summed E-state index contributed by atoms with van der Waals surface area (Å²) >= 11 is 6.61. The maximum Gasteiger partial charge on any atom is 0.319 e. The Morgan fingerprint density at radius 3 is 2.66 bits per heavy atom. The van der Waals surface area contributed by atoms with Crippen molar-refractivity contribution in [2.45, 2.75) is 37.8 Å². The minimum Gasteiger partial charge on any atom is -0.462 e. The number of amides is 1. The van der Waals surface area contributed by atoms with Crippen molar-refractivity contribution in [1.29, 1.82) is 0 Å². The number of pyridine rings is 1. The van der Waals surface area contributed by atoms with Crippen molar-refractivity contribution < 1.29 is 22.7 Å². The molecule has 1 unspecified atom stereocenters. The first kappa shape index (κ1) is 30.1. The van der Waals surface area contributed by atoms with Crippen molar-refractivity contribution in [3.05, 3.63) is 66.1 Å². The number of likely N-dealkylation sites (N-methyl/N-ethyl adjacent to an activating group) is 1. The van der Waals surface area contributed by atoms with Gasteiger partial charge in [-0.2, -0.15) is 9.97 Å². The van der Waals surface area contributed by atoms with E-state index in [9.17, 15) is 18.0 Å². The number of likely N-dealkylation sites (tertiary alicyclic amines) is 1. The van der Waals surface area contributed by atoms with E-state index in [-0.39, 0.29) is 31.7 Å². The van der Waals surface area contributed by atoms with Crippen molar-refractivity contribution in [1.82, 2.24) is 24.8 Å². The van der Waals surface area contributed by atoms with Gasteiger partial charge in [-0.25, -0.2) is 13.2 Å². The van der Waals surface area contributed by atoms with Gasteiger partial charge in [0.05, 0.1) is 11.6 Å². The highest BCUT2D eigenvalue weighted by Gasteiger charge is 2.35. The first-order chi connectivity index (χ1) is 21.2. The zero-order chi connectivity index (χ0) is 31.0. The topological polar surface area (TPSA) is 74.7 Å². The Morgan fingerprint density at radius 2 is 1.93 bits per heavy atom. The number of fused-ring (bicyclic) bond motifs is 2. The van der Waals surface area contributed by atoms with Crippen LogP contribution in [0.25, 0.3) is 32.9 Å². The second-order valence-electron chi connectivity index (χ2n) is 11.3. The van der Waals surface area contributed by atoms with Gasteiger partial charge >= 0.3 is 6.01 Å². The fourth-order valence-electron chi connectivity index (χ4n) is 6.19. The molecule has 2 fully saturated rings. The summed E-state index contributed by atoms with van der Waals surface area (Å²) in [4.78, 5) is 31.8. The van der Waals surface area contributed by atoms with Crippen LogP contribution >= 0.6 is 11.6 Å². The number of nitrogens with zero attached hydrogens (tertiary/aromatic N) is 6. The minimum absolute atomic E-state index is 0.00262. The summed E-state index contributed by atoms with van der Waals surface area (Å²) in [5, 5.41) is 2.48. The molecule has 4 heterocycles. The minimum atomic E-state index is -2.69. The Hall–Kier alpha value is -3.96. The molecule has 230 valence electrons. The van der Waals surface area contributed by atoms with E-state index in [1.165, 1.54) is 0 Å². The zero-order valence-electron chi connectivity index (χ0n) is 24.2. The summed E-state index contributed by atoms with van der Waals surface area (Å²) in [5.41, 5.74) is 2.63. The number of hydrogen-bond acceptors (Lipinski definition) is 7. The molecule has 12 heteroatoms. The summed E-state index contributed by atoms with van der Waals surface area (Å²) in [6.45, 7) is 4.68. The number of ether oxygens (including phenoxy) is 1. The highest BCUT2D eigenvalue weighted by atomic mass is 35.5. The molecule has 0 radical (unpaired) electrons. The largest absolute Gasteiger partial charge is 0.462 e. The smallest absolute Gasteiger partial charge is 0.319 e. The summed E-state index contributed by atoms with van der Waals surface area (Å²) < 4.78 is 47.1. The maximum atomic E-state index is 13.8. The number of carbonyl (C=O) groups is 1. The predicted octanol–water partition coefficient (Wildman–Crippen LogP) is 6.13. The number of anilines is 1. The van der Waals surface area contributed by atoms with Crippen molar-refractivity contribution >= 4 is 45.1 Å². The molecular formula is C32H32ClF3N6O2. The van der Waals surface area contributed by atoms with Crippen LogP contribution in [-0.4, -0.2) is 89.0 Å². The Balaban J connectivity index is 1.41. The lowest BCUT2D eigenvalue weighted by Crippen LogP contribution is -2.56. The van der Waals surface area contributed by atoms with Crippen LogP contribution in [0.2, 0.25) is 5.02 Å². The van der Waals surface area contributed by atoms with Crippen LogP contribution in [0.1, 0.15) is 19.3 Å². The molecule has 44 heavy (non-hydrogen) atoms.